The van der Waals surface area contributed by atoms with Crippen LogP contribution in [0.25, 0.3) is 11.0 Å². The lowest BCUT2D eigenvalue weighted by Crippen LogP contribution is -2.46. The minimum Gasteiger partial charge on any atom is -0.497 e. The van der Waals surface area contributed by atoms with Crippen LogP contribution in [0.3, 0.4) is 0 Å². The number of fused-ring (bicyclic) bond motifs is 1. The molecular weight excluding hydrogens is 354 g/mol. The Morgan fingerprint density at radius 2 is 1.78 bits per heavy atom. The number of anilines is 2. The fraction of sp³-hybridized carbons (Fsp3) is 0.294. The van der Waals surface area contributed by atoms with Crippen molar-refractivity contribution in [1.29, 1.82) is 0 Å². The van der Waals surface area contributed by atoms with Gasteiger partial charge in [-0.05, 0) is 35.2 Å². The van der Waals surface area contributed by atoms with Crippen LogP contribution in [0.1, 0.15) is 0 Å². The normalized spacial score (nSPS) is 14.6. The summed E-state index contributed by atoms with van der Waals surface area (Å²) in [7, 11) is 1.63. The summed E-state index contributed by atoms with van der Waals surface area (Å²) in [6, 6.07) is 10.8. The van der Waals surface area contributed by atoms with Crippen LogP contribution in [0.15, 0.2) is 41.0 Å². The number of nitro groups is 1. The largest absolute Gasteiger partial charge is 0.497 e. The Bertz CT molecular complexity index is 979. The maximum atomic E-state index is 11.8. The lowest BCUT2D eigenvalue weighted by molar-refractivity contribution is -0.783. The Kier molecular flexibility index (Phi) is 4.15. The number of aromatic nitrogens is 2. The maximum Gasteiger partial charge on any atom is 0.324 e. The molecule has 1 saturated heterocycles. The van der Waals surface area contributed by atoms with E-state index in [4.69, 9.17) is 4.74 Å². The first-order chi connectivity index (χ1) is 13.1. The third kappa shape index (κ3) is 2.94. The van der Waals surface area contributed by atoms with Crippen LogP contribution in [0.5, 0.6) is 5.75 Å². The highest BCUT2D eigenvalue weighted by Gasteiger charge is 2.29. The van der Waals surface area contributed by atoms with Crippen molar-refractivity contribution in [3.8, 4) is 5.75 Å². The number of nitro benzene ring substituents is 1. The van der Waals surface area contributed by atoms with Gasteiger partial charge >= 0.3 is 11.2 Å². The van der Waals surface area contributed by atoms with Crippen LogP contribution in [-0.2, 0) is 0 Å². The molecule has 0 unspecified atom stereocenters. The van der Waals surface area contributed by atoms with E-state index >= 15 is 0 Å². The first-order valence-electron chi connectivity index (χ1n) is 8.39. The van der Waals surface area contributed by atoms with E-state index in [1.54, 1.807) is 13.2 Å². The summed E-state index contributed by atoms with van der Waals surface area (Å²) >= 11 is 0. The molecule has 0 amide bonds. The van der Waals surface area contributed by atoms with Gasteiger partial charge < -0.3 is 19.7 Å². The quantitative estimate of drug-likeness (QED) is 0.387. The molecule has 0 atom stereocenters. The second kappa shape index (κ2) is 6.63. The third-order valence-electron chi connectivity index (χ3n) is 4.75. The predicted octanol–water partition coefficient (Wildman–Crippen LogP) is 1.70. The van der Waals surface area contributed by atoms with Gasteiger partial charge in [0.1, 0.15) is 5.75 Å². The molecule has 10 nitrogen and oxygen atoms in total. The Balaban J connectivity index is 1.56. The zero-order valence-electron chi connectivity index (χ0n) is 14.6. The van der Waals surface area contributed by atoms with Gasteiger partial charge in [-0.3, -0.25) is 14.7 Å². The van der Waals surface area contributed by atoms with Gasteiger partial charge in [0.05, 0.1) is 17.7 Å². The number of benzene rings is 2. The molecule has 2 aromatic carbocycles. The second-order valence-electron chi connectivity index (χ2n) is 6.16. The molecule has 10 heteroatoms. The average Bonchev–Trinajstić information content (AvgIpc) is 3.09. The van der Waals surface area contributed by atoms with Crippen molar-refractivity contribution in [1.82, 2.24) is 5.16 Å². The van der Waals surface area contributed by atoms with E-state index in [-0.39, 0.29) is 21.6 Å². The average molecular weight is 371 g/mol. The van der Waals surface area contributed by atoms with Crippen molar-refractivity contribution in [2.24, 2.45) is 0 Å². The minimum atomic E-state index is -0.612. The van der Waals surface area contributed by atoms with Gasteiger partial charge in [0.15, 0.2) is 0 Å². The highest BCUT2D eigenvalue weighted by molar-refractivity contribution is 5.92. The summed E-state index contributed by atoms with van der Waals surface area (Å²) in [5.41, 5.74) is 1.49. The van der Waals surface area contributed by atoms with Crippen LogP contribution in [-0.4, -0.2) is 43.4 Å². The zero-order chi connectivity index (χ0) is 19.0. The lowest BCUT2D eigenvalue weighted by atomic mass is 10.2. The molecule has 1 aromatic heterocycles. The fourth-order valence-electron chi connectivity index (χ4n) is 3.35. The number of non-ortho nitro benzene ring substituents is 1. The highest BCUT2D eigenvalue weighted by atomic mass is 16.8. The van der Waals surface area contributed by atoms with Crippen molar-refractivity contribution in [2.45, 2.75) is 0 Å². The monoisotopic (exact) mass is 371 g/mol. The predicted molar refractivity (Wildman–Crippen MR) is 97.0 cm³/mol. The van der Waals surface area contributed by atoms with Gasteiger partial charge in [0.2, 0.25) is 0 Å². The summed E-state index contributed by atoms with van der Waals surface area (Å²) in [4.78, 5) is 14.9. The molecular formula is C17H17N5O5. The SMILES string of the molecule is COc1ccc(N2CCN(c3ccc([N+](=O)[O-])c4c3no[n+]4[O-])CC2)cc1. The van der Waals surface area contributed by atoms with Crippen molar-refractivity contribution >= 4 is 28.1 Å². The summed E-state index contributed by atoms with van der Waals surface area (Å²) in [5.74, 6) is 0.808. The minimum absolute atomic E-state index is 0.0879. The van der Waals surface area contributed by atoms with E-state index in [1.165, 1.54) is 6.07 Å². The topological polar surface area (TPSA) is 112 Å². The van der Waals surface area contributed by atoms with Crippen molar-refractivity contribution in [2.75, 3.05) is 43.1 Å². The number of hydrogen-bond acceptors (Lipinski definition) is 8. The molecule has 3 aromatic rings. The first kappa shape index (κ1) is 16.9. The molecule has 1 fully saturated rings. The molecule has 4 rings (SSSR count). The van der Waals surface area contributed by atoms with Crippen LogP contribution in [0.4, 0.5) is 17.1 Å². The van der Waals surface area contributed by atoms with E-state index < -0.39 is 4.92 Å². The third-order valence-corrected chi connectivity index (χ3v) is 4.75. The molecule has 1 aliphatic heterocycles. The van der Waals surface area contributed by atoms with Crippen molar-refractivity contribution in [3.63, 3.8) is 0 Å². The van der Waals surface area contributed by atoms with Crippen molar-refractivity contribution in [3.05, 3.63) is 51.7 Å². The molecule has 0 spiro atoms. The van der Waals surface area contributed by atoms with E-state index in [1.807, 2.05) is 24.3 Å². The number of nitrogens with zero attached hydrogens (tertiary/aromatic N) is 5. The fourth-order valence-corrected chi connectivity index (χ4v) is 3.35. The molecule has 1 aliphatic rings. The van der Waals surface area contributed by atoms with Crippen LogP contribution >= 0.6 is 0 Å². The molecule has 0 radical (unpaired) electrons. The summed E-state index contributed by atoms with van der Waals surface area (Å²) < 4.78 is 9.79. The number of ether oxygens (including phenoxy) is 1. The molecule has 0 bridgehead atoms. The first-order valence-corrected chi connectivity index (χ1v) is 8.39. The standard InChI is InChI=1S/C17H17N5O5/c1-26-13-4-2-12(3-5-13)19-8-10-20(11-9-19)14-6-7-15(21(23)24)17-16(14)18-27-22(17)25/h2-7H,8-11H2,1H3. The van der Waals surface area contributed by atoms with Gasteiger partial charge in [-0.1, -0.05) is 0 Å². The van der Waals surface area contributed by atoms with E-state index in [0.29, 0.717) is 18.8 Å². The van der Waals surface area contributed by atoms with E-state index in [9.17, 15) is 15.3 Å². The number of rotatable bonds is 4. The van der Waals surface area contributed by atoms with E-state index in [0.717, 1.165) is 24.5 Å². The number of methoxy groups -OCH3 is 1. The Labute approximate surface area is 153 Å². The number of hydrogen-bond donors (Lipinski definition) is 0. The summed E-state index contributed by atoms with van der Waals surface area (Å²) in [5, 5.41) is 26.7. The smallest absolute Gasteiger partial charge is 0.324 e. The molecule has 140 valence electrons. The Morgan fingerprint density at radius 1 is 1.11 bits per heavy atom. The molecule has 2 heterocycles. The van der Waals surface area contributed by atoms with Gasteiger partial charge in [-0.2, -0.15) is 0 Å². The second-order valence-corrected chi connectivity index (χ2v) is 6.16. The molecule has 0 aliphatic carbocycles. The van der Waals surface area contributed by atoms with Gasteiger partial charge in [0, 0.05) is 43.1 Å². The summed E-state index contributed by atoms with van der Waals surface area (Å²) in [6.45, 7) is 2.90. The van der Waals surface area contributed by atoms with Crippen LogP contribution < -0.4 is 19.4 Å². The zero-order valence-corrected chi connectivity index (χ0v) is 14.6. The summed E-state index contributed by atoms with van der Waals surface area (Å²) in [6.07, 6.45) is 0. The molecule has 0 N–H and O–H groups in total. The van der Waals surface area contributed by atoms with Gasteiger partial charge in [0.25, 0.3) is 5.52 Å². The van der Waals surface area contributed by atoms with E-state index in [2.05, 4.69) is 19.6 Å². The number of piperazine rings is 1. The maximum absolute atomic E-state index is 11.8. The van der Waals surface area contributed by atoms with Crippen molar-refractivity contribution < 1.29 is 19.2 Å². The lowest BCUT2D eigenvalue weighted by Gasteiger charge is -2.36. The highest BCUT2D eigenvalue weighted by Crippen LogP contribution is 2.31. The van der Waals surface area contributed by atoms with Crippen LogP contribution in [0, 0.1) is 15.3 Å². The molecule has 0 saturated carbocycles. The van der Waals surface area contributed by atoms with Gasteiger partial charge in [-0.15, -0.1) is 0 Å². The van der Waals surface area contributed by atoms with Gasteiger partial charge in [-0.25, -0.2) is 0 Å². The Hall–Kier alpha value is -3.56. The van der Waals surface area contributed by atoms with Crippen LogP contribution in [0.2, 0.25) is 0 Å². The molecule has 27 heavy (non-hydrogen) atoms. The Morgan fingerprint density at radius 3 is 2.41 bits per heavy atom.